The van der Waals surface area contributed by atoms with Crippen LogP contribution in [0.5, 0.6) is 0 Å². The molecule has 0 aromatic rings. The number of allylic oxidation sites excluding steroid dienone is 9. The summed E-state index contributed by atoms with van der Waals surface area (Å²) in [7, 11) is 0. The number of rotatable bonds is 9. The Balaban J connectivity index is 2.02. The quantitative estimate of drug-likeness (QED) is 0.260. The van der Waals surface area contributed by atoms with Gasteiger partial charge in [0.1, 0.15) is 0 Å². The molecule has 0 atom stereocenters. The SMILES string of the molecule is CCN/N=C\C=C\NC(=O)C(=O)/C(C)=C1\C=CC=CN1CCC1=CC=C(C#N)C=CC1. The van der Waals surface area contributed by atoms with Gasteiger partial charge < -0.3 is 15.6 Å². The highest BCUT2D eigenvalue weighted by Crippen LogP contribution is 2.21. The molecule has 0 saturated carbocycles. The molecule has 0 spiro atoms. The number of nitrogens with one attached hydrogen (secondary N) is 2. The van der Waals surface area contributed by atoms with Crippen molar-refractivity contribution in [2.75, 3.05) is 13.1 Å². The Morgan fingerprint density at radius 1 is 1.29 bits per heavy atom. The molecular weight excluding hydrogens is 390 g/mol. The van der Waals surface area contributed by atoms with E-state index in [4.69, 9.17) is 5.26 Å². The predicted molar refractivity (Wildman–Crippen MR) is 122 cm³/mol. The first-order chi connectivity index (χ1) is 15.1. The van der Waals surface area contributed by atoms with Gasteiger partial charge in [-0.2, -0.15) is 10.4 Å². The normalized spacial score (nSPS) is 17.3. The third-order valence-electron chi connectivity index (χ3n) is 4.57. The van der Waals surface area contributed by atoms with E-state index < -0.39 is 11.7 Å². The summed E-state index contributed by atoms with van der Waals surface area (Å²) >= 11 is 0. The van der Waals surface area contributed by atoms with Crippen LogP contribution in [0.25, 0.3) is 0 Å². The molecule has 1 amide bonds. The van der Waals surface area contributed by atoms with Crippen LogP contribution in [0.15, 0.2) is 88.5 Å². The zero-order chi connectivity index (χ0) is 22.5. The van der Waals surface area contributed by atoms with Crippen LogP contribution >= 0.6 is 0 Å². The standard InChI is InChI=1S/C24H27N5O2/c1-3-27-28-15-7-14-26-24(31)23(30)19(2)22-10-4-5-16-29(22)17-13-20-8-6-9-21(18-25)12-11-20/h4-7,9-12,14-16,27H,3,8,13,17H2,1-2H3,(H,26,31)/b14-7+,22-19+,28-15-. The van der Waals surface area contributed by atoms with Gasteiger partial charge in [0.2, 0.25) is 5.78 Å². The highest BCUT2D eigenvalue weighted by Gasteiger charge is 2.20. The topological polar surface area (TPSA) is 97.6 Å². The molecule has 0 unspecified atom stereocenters. The van der Waals surface area contributed by atoms with Crippen LogP contribution in [-0.2, 0) is 9.59 Å². The van der Waals surface area contributed by atoms with E-state index in [2.05, 4.69) is 21.9 Å². The number of hydrogen-bond donors (Lipinski definition) is 2. The highest BCUT2D eigenvalue weighted by atomic mass is 16.2. The number of carbonyl (C=O) groups excluding carboxylic acids is 2. The Morgan fingerprint density at radius 3 is 2.90 bits per heavy atom. The van der Waals surface area contributed by atoms with Gasteiger partial charge in [0, 0.05) is 43.0 Å². The summed E-state index contributed by atoms with van der Waals surface area (Å²) in [6.45, 7) is 4.92. The van der Waals surface area contributed by atoms with Gasteiger partial charge in [0.15, 0.2) is 0 Å². The number of hydrogen-bond acceptors (Lipinski definition) is 6. The smallest absolute Gasteiger partial charge is 0.296 e. The van der Waals surface area contributed by atoms with Crippen molar-refractivity contribution in [2.24, 2.45) is 5.10 Å². The van der Waals surface area contributed by atoms with Crippen molar-refractivity contribution < 1.29 is 9.59 Å². The zero-order valence-corrected chi connectivity index (χ0v) is 17.8. The minimum atomic E-state index is -0.702. The van der Waals surface area contributed by atoms with Crippen molar-refractivity contribution in [1.29, 1.82) is 5.26 Å². The Kier molecular flexibility index (Phi) is 9.50. The molecule has 7 heteroatoms. The Hall–Kier alpha value is -3.92. The predicted octanol–water partition coefficient (Wildman–Crippen LogP) is 3.17. The van der Waals surface area contributed by atoms with E-state index in [0.717, 1.165) is 12.8 Å². The monoisotopic (exact) mass is 417 g/mol. The second-order valence-corrected chi connectivity index (χ2v) is 6.77. The van der Waals surface area contributed by atoms with Crippen LogP contribution < -0.4 is 10.7 Å². The lowest BCUT2D eigenvalue weighted by Crippen LogP contribution is -2.30. The van der Waals surface area contributed by atoms with Crippen molar-refractivity contribution in [2.45, 2.75) is 26.7 Å². The van der Waals surface area contributed by atoms with E-state index in [-0.39, 0.29) is 0 Å². The van der Waals surface area contributed by atoms with Crippen LogP contribution in [0.3, 0.4) is 0 Å². The van der Waals surface area contributed by atoms with E-state index in [0.29, 0.717) is 29.9 Å². The summed E-state index contributed by atoms with van der Waals surface area (Å²) in [6, 6.07) is 2.14. The van der Waals surface area contributed by atoms with Gasteiger partial charge in [0.25, 0.3) is 5.91 Å². The van der Waals surface area contributed by atoms with E-state index in [9.17, 15) is 9.59 Å². The number of amides is 1. The van der Waals surface area contributed by atoms with E-state index in [1.807, 2.05) is 60.6 Å². The fraction of sp³-hybridized carbons (Fsp3) is 0.250. The van der Waals surface area contributed by atoms with E-state index >= 15 is 0 Å². The van der Waals surface area contributed by atoms with Gasteiger partial charge >= 0.3 is 0 Å². The van der Waals surface area contributed by atoms with Crippen LogP contribution in [-0.4, -0.2) is 35.9 Å². The van der Waals surface area contributed by atoms with Crippen molar-refractivity contribution in [3.8, 4) is 6.07 Å². The van der Waals surface area contributed by atoms with Gasteiger partial charge in [-0.15, -0.1) is 0 Å². The molecule has 0 radical (unpaired) electrons. The number of carbonyl (C=O) groups is 2. The summed E-state index contributed by atoms with van der Waals surface area (Å²) in [6.07, 6.45) is 21.0. The van der Waals surface area contributed by atoms with Crippen molar-refractivity contribution in [3.05, 3.63) is 83.4 Å². The Morgan fingerprint density at radius 2 is 2.13 bits per heavy atom. The molecule has 1 aliphatic carbocycles. The lowest BCUT2D eigenvalue weighted by atomic mass is 10.1. The lowest BCUT2D eigenvalue weighted by molar-refractivity contribution is -0.135. The second kappa shape index (κ2) is 12.6. The lowest BCUT2D eigenvalue weighted by Gasteiger charge is -2.25. The van der Waals surface area contributed by atoms with Gasteiger partial charge in [-0.1, -0.05) is 23.8 Å². The molecule has 0 saturated heterocycles. The first-order valence-corrected chi connectivity index (χ1v) is 10.1. The summed E-state index contributed by atoms with van der Waals surface area (Å²) in [5.41, 5.74) is 5.64. The van der Waals surface area contributed by atoms with Crippen molar-refractivity contribution >= 4 is 17.9 Å². The number of Topliss-reactive ketones (excluding diaryl/α,β-unsaturated/α-hetero) is 1. The molecule has 0 fully saturated rings. The molecule has 31 heavy (non-hydrogen) atoms. The van der Waals surface area contributed by atoms with Crippen LogP contribution in [0, 0.1) is 11.3 Å². The summed E-state index contributed by atoms with van der Waals surface area (Å²) in [5.74, 6) is -1.29. The average Bonchev–Trinajstić information content (AvgIpc) is 3.04. The van der Waals surface area contributed by atoms with Gasteiger partial charge in [-0.05, 0) is 57.1 Å². The summed E-state index contributed by atoms with van der Waals surface area (Å²) in [5, 5.41) is 15.4. The summed E-state index contributed by atoms with van der Waals surface area (Å²) in [4.78, 5) is 26.8. The van der Waals surface area contributed by atoms with E-state index in [1.54, 1.807) is 6.92 Å². The minimum absolute atomic E-state index is 0.370. The highest BCUT2D eigenvalue weighted by molar-refractivity contribution is 6.42. The van der Waals surface area contributed by atoms with Gasteiger partial charge in [-0.25, -0.2) is 0 Å². The molecular formula is C24H27N5O2. The maximum Gasteiger partial charge on any atom is 0.296 e. The average molecular weight is 418 g/mol. The van der Waals surface area contributed by atoms with Crippen LogP contribution in [0.2, 0.25) is 0 Å². The third-order valence-corrected chi connectivity index (χ3v) is 4.57. The largest absolute Gasteiger partial charge is 0.347 e. The maximum absolute atomic E-state index is 12.6. The zero-order valence-electron chi connectivity index (χ0n) is 17.8. The molecule has 0 aromatic carbocycles. The van der Waals surface area contributed by atoms with E-state index in [1.165, 1.54) is 24.1 Å². The molecule has 0 bridgehead atoms. The second-order valence-electron chi connectivity index (χ2n) is 6.77. The first kappa shape index (κ1) is 23.4. The Labute approximate surface area is 183 Å². The molecule has 160 valence electrons. The third kappa shape index (κ3) is 7.44. The van der Waals surface area contributed by atoms with Crippen LogP contribution in [0.1, 0.15) is 26.7 Å². The first-order valence-electron chi connectivity index (χ1n) is 10.1. The molecule has 1 heterocycles. The molecule has 2 aliphatic rings. The fourth-order valence-corrected chi connectivity index (χ4v) is 2.91. The Bertz CT molecular complexity index is 968. The van der Waals surface area contributed by atoms with Crippen LogP contribution in [0.4, 0.5) is 0 Å². The molecule has 2 N–H and O–H groups in total. The number of hydrazone groups is 1. The maximum atomic E-state index is 12.6. The van der Waals surface area contributed by atoms with Gasteiger partial charge in [0.05, 0.1) is 11.6 Å². The molecule has 0 aromatic heterocycles. The van der Waals surface area contributed by atoms with Crippen molar-refractivity contribution in [3.63, 3.8) is 0 Å². The number of nitrogens with zero attached hydrogens (tertiary/aromatic N) is 3. The number of ketones is 1. The summed E-state index contributed by atoms with van der Waals surface area (Å²) < 4.78 is 0. The fourth-order valence-electron chi connectivity index (χ4n) is 2.91. The molecule has 1 aliphatic heterocycles. The molecule has 7 nitrogen and oxygen atoms in total. The number of nitriles is 1. The van der Waals surface area contributed by atoms with Crippen molar-refractivity contribution in [1.82, 2.24) is 15.6 Å². The minimum Gasteiger partial charge on any atom is -0.347 e. The molecule has 2 rings (SSSR count). The van der Waals surface area contributed by atoms with Gasteiger partial charge in [-0.3, -0.25) is 9.59 Å².